The van der Waals surface area contributed by atoms with Crippen molar-refractivity contribution >= 4 is 12.1 Å². The van der Waals surface area contributed by atoms with E-state index >= 15 is 0 Å². The molecule has 0 fully saturated rings. The Bertz CT molecular complexity index is 325. The van der Waals surface area contributed by atoms with Gasteiger partial charge in [0, 0.05) is 26.2 Å². The molecular formula is C17H33NO5. The number of hydrogen-bond donors (Lipinski definition) is 2. The second-order valence-electron chi connectivity index (χ2n) is 6.66. The zero-order chi connectivity index (χ0) is 17.6. The number of amides is 1. The van der Waals surface area contributed by atoms with Crippen LogP contribution in [0.4, 0.5) is 4.79 Å². The quantitative estimate of drug-likeness (QED) is 0.502. The first-order chi connectivity index (χ1) is 10.8. The Balaban J connectivity index is 3.19. The zero-order valence-corrected chi connectivity index (χ0v) is 14.9. The number of aliphatic carboxylic acids is 1. The van der Waals surface area contributed by atoms with E-state index in [1.165, 1.54) is 0 Å². The first-order valence-electron chi connectivity index (χ1n) is 8.57. The van der Waals surface area contributed by atoms with E-state index in [1.54, 1.807) is 0 Å². The summed E-state index contributed by atoms with van der Waals surface area (Å²) >= 11 is 0. The lowest BCUT2D eigenvalue weighted by Gasteiger charge is -2.19. The van der Waals surface area contributed by atoms with Crippen LogP contribution in [0.2, 0.25) is 0 Å². The lowest BCUT2D eigenvalue weighted by Crippen LogP contribution is -2.32. The highest BCUT2D eigenvalue weighted by Crippen LogP contribution is 2.06. The second kappa shape index (κ2) is 13.2. The number of nitrogens with one attached hydrogen (secondary N) is 1. The van der Waals surface area contributed by atoms with E-state index in [9.17, 15) is 9.59 Å². The Hall–Kier alpha value is -1.30. The summed E-state index contributed by atoms with van der Waals surface area (Å²) in [5.41, 5.74) is -0.449. The van der Waals surface area contributed by atoms with Crippen LogP contribution in [0, 0.1) is 0 Å². The van der Waals surface area contributed by atoms with Gasteiger partial charge in [0.1, 0.15) is 5.60 Å². The normalized spacial score (nSPS) is 11.3. The molecule has 0 saturated carbocycles. The summed E-state index contributed by atoms with van der Waals surface area (Å²) in [6.07, 6.45) is 6.53. The molecule has 0 aliphatic heterocycles. The minimum Gasteiger partial charge on any atom is -0.481 e. The van der Waals surface area contributed by atoms with E-state index in [1.807, 2.05) is 20.8 Å². The van der Waals surface area contributed by atoms with Crippen molar-refractivity contribution in [2.75, 3.05) is 19.8 Å². The van der Waals surface area contributed by atoms with Crippen molar-refractivity contribution in [1.82, 2.24) is 5.32 Å². The minimum absolute atomic E-state index is 0.247. The maximum Gasteiger partial charge on any atom is 0.407 e. The smallest absolute Gasteiger partial charge is 0.407 e. The van der Waals surface area contributed by atoms with Crippen molar-refractivity contribution in [2.45, 2.75) is 77.7 Å². The zero-order valence-electron chi connectivity index (χ0n) is 14.9. The van der Waals surface area contributed by atoms with Gasteiger partial charge in [0.2, 0.25) is 0 Å². The Labute approximate surface area is 139 Å². The van der Waals surface area contributed by atoms with Crippen molar-refractivity contribution < 1.29 is 24.2 Å². The van der Waals surface area contributed by atoms with Crippen LogP contribution in [0.3, 0.4) is 0 Å². The molecule has 0 saturated heterocycles. The Morgan fingerprint density at radius 1 is 0.913 bits per heavy atom. The lowest BCUT2D eigenvalue weighted by atomic mass is 10.2. The average Bonchev–Trinajstić information content (AvgIpc) is 2.41. The molecule has 2 N–H and O–H groups in total. The Kier molecular flexibility index (Phi) is 12.4. The Morgan fingerprint density at radius 2 is 1.48 bits per heavy atom. The fraction of sp³-hybridized carbons (Fsp3) is 0.882. The molecule has 0 aromatic heterocycles. The number of hydrogen-bond acceptors (Lipinski definition) is 4. The molecule has 0 rings (SSSR count). The first-order valence-corrected chi connectivity index (χ1v) is 8.57. The molecule has 23 heavy (non-hydrogen) atoms. The molecule has 1 amide bonds. The monoisotopic (exact) mass is 331 g/mol. The van der Waals surface area contributed by atoms with E-state index in [-0.39, 0.29) is 12.5 Å². The van der Waals surface area contributed by atoms with Crippen molar-refractivity contribution in [1.29, 1.82) is 0 Å². The van der Waals surface area contributed by atoms with Gasteiger partial charge in [0.25, 0.3) is 0 Å². The molecule has 6 heteroatoms. The highest BCUT2D eigenvalue weighted by atomic mass is 16.6. The van der Waals surface area contributed by atoms with Crippen molar-refractivity contribution in [2.24, 2.45) is 0 Å². The molecule has 0 aliphatic rings. The standard InChI is InChI=1S/C17H33NO5/c1-17(2,3)23-16(21)18-12-8-4-5-9-13-22-14-10-6-7-11-15(19)20/h4-14H2,1-3H3,(H,18,21)(H,19,20). The van der Waals surface area contributed by atoms with Gasteiger partial charge < -0.3 is 19.9 Å². The molecule has 6 nitrogen and oxygen atoms in total. The van der Waals surface area contributed by atoms with Crippen molar-refractivity contribution in [3.63, 3.8) is 0 Å². The molecule has 0 spiro atoms. The molecule has 0 aromatic carbocycles. The highest BCUT2D eigenvalue weighted by molar-refractivity contribution is 5.67. The third kappa shape index (κ3) is 18.7. The van der Waals surface area contributed by atoms with Gasteiger partial charge in [-0.25, -0.2) is 4.79 Å². The van der Waals surface area contributed by atoms with Crippen LogP contribution in [0.25, 0.3) is 0 Å². The number of carboxylic acid groups (broad SMARTS) is 1. The molecular weight excluding hydrogens is 298 g/mol. The van der Waals surface area contributed by atoms with Crippen LogP contribution in [0.1, 0.15) is 72.1 Å². The van der Waals surface area contributed by atoms with Gasteiger partial charge in [-0.05, 0) is 46.5 Å². The topological polar surface area (TPSA) is 84.9 Å². The molecule has 0 bridgehead atoms. The van der Waals surface area contributed by atoms with E-state index in [0.29, 0.717) is 13.2 Å². The second-order valence-corrected chi connectivity index (χ2v) is 6.66. The van der Waals surface area contributed by atoms with E-state index in [0.717, 1.165) is 51.6 Å². The number of rotatable bonds is 13. The summed E-state index contributed by atoms with van der Waals surface area (Å²) in [6.45, 7) is 7.63. The summed E-state index contributed by atoms with van der Waals surface area (Å²) in [4.78, 5) is 21.7. The fourth-order valence-electron chi connectivity index (χ4n) is 1.95. The largest absolute Gasteiger partial charge is 0.481 e. The van der Waals surface area contributed by atoms with Crippen molar-refractivity contribution in [3.05, 3.63) is 0 Å². The van der Waals surface area contributed by atoms with Crippen molar-refractivity contribution in [3.8, 4) is 0 Å². The van der Waals surface area contributed by atoms with Gasteiger partial charge in [0.15, 0.2) is 0 Å². The van der Waals surface area contributed by atoms with Crippen LogP contribution in [-0.2, 0) is 14.3 Å². The molecule has 0 unspecified atom stereocenters. The summed E-state index contributed by atoms with van der Waals surface area (Å²) < 4.78 is 10.7. The maximum absolute atomic E-state index is 11.4. The summed E-state index contributed by atoms with van der Waals surface area (Å²) in [6, 6.07) is 0. The number of alkyl carbamates (subject to hydrolysis) is 1. The highest BCUT2D eigenvalue weighted by Gasteiger charge is 2.15. The molecule has 0 heterocycles. The third-order valence-corrected chi connectivity index (χ3v) is 3.06. The number of unbranched alkanes of at least 4 members (excludes halogenated alkanes) is 5. The number of carbonyl (C=O) groups excluding carboxylic acids is 1. The predicted octanol–water partition coefficient (Wildman–Crippen LogP) is 3.73. The van der Waals surface area contributed by atoms with Gasteiger partial charge in [-0.2, -0.15) is 0 Å². The van der Waals surface area contributed by atoms with E-state index < -0.39 is 11.6 Å². The maximum atomic E-state index is 11.4. The summed E-state index contributed by atoms with van der Waals surface area (Å²) in [7, 11) is 0. The third-order valence-electron chi connectivity index (χ3n) is 3.06. The first kappa shape index (κ1) is 21.7. The van der Waals surface area contributed by atoms with Gasteiger partial charge in [-0.15, -0.1) is 0 Å². The minimum atomic E-state index is -0.730. The number of carboxylic acids is 1. The molecule has 136 valence electrons. The van der Waals surface area contributed by atoms with Crippen LogP contribution >= 0.6 is 0 Å². The van der Waals surface area contributed by atoms with Crippen LogP contribution < -0.4 is 5.32 Å². The molecule has 0 aromatic rings. The van der Waals surface area contributed by atoms with Gasteiger partial charge in [-0.3, -0.25) is 4.79 Å². The summed E-state index contributed by atoms with van der Waals surface area (Å²) in [5, 5.41) is 11.2. The van der Waals surface area contributed by atoms with Crippen LogP contribution in [0.15, 0.2) is 0 Å². The Morgan fingerprint density at radius 3 is 2.04 bits per heavy atom. The average molecular weight is 331 g/mol. The lowest BCUT2D eigenvalue weighted by molar-refractivity contribution is -0.137. The summed E-state index contributed by atoms with van der Waals surface area (Å²) in [5.74, 6) is -0.730. The van der Waals surface area contributed by atoms with Gasteiger partial charge in [-0.1, -0.05) is 19.3 Å². The molecule has 0 atom stereocenters. The van der Waals surface area contributed by atoms with E-state index in [4.69, 9.17) is 14.6 Å². The predicted molar refractivity (Wildman–Crippen MR) is 89.6 cm³/mol. The van der Waals surface area contributed by atoms with Crippen LogP contribution in [-0.4, -0.2) is 42.5 Å². The SMILES string of the molecule is CC(C)(C)OC(=O)NCCCCCCOCCCCCC(=O)O. The fourth-order valence-corrected chi connectivity index (χ4v) is 1.95. The molecule has 0 aliphatic carbocycles. The number of ether oxygens (including phenoxy) is 2. The van der Waals surface area contributed by atoms with E-state index in [2.05, 4.69) is 5.32 Å². The van der Waals surface area contributed by atoms with Crippen LogP contribution in [0.5, 0.6) is 0 Å². The van der Waals surface area contributed by atoms with Gasteiger partial charge >= 0.3 is 12.1 Å². The van der Waals surface area contributed by atoms with Gasteiger partial charge in [0.05, 0.1) is 0 Å². The molecule has 0 radical (unpaired) electrons. The number of carbonyl (C=O) groups is 2.